The number of hydrogen-bond donors (Lipinski definition) is 2. The van der Waals surface area contributed by atoms with E-state index in [-0.39, 0.29) is 0 Å². The fraction of sp³-hybridized carbons (Fsp3) is 0.312. The van der Waals surface area contributed by atoms with E-state index in [0.717, 1.165) is 23.0 Å². The highest BCUT2D eigenvalue weighted by Crippen LogP contribution is 2.08. The molecule has 0 saturated carbocycles. The molecule has 0 aliphatic rings. The molecule has 0 spiro atoms. The van der Waals surface area contributed by atoms with Gasteiger partial charge in [0.2, 0.25) is 0 Å². The average molecular weight is 311 g/mol. The lowest BCUT2D eigenvalue weighted by molar-refractivity contribution is 0.684. The smallest absolute Gasteiger partial charge is 0.191 e. The van der Waals surface area contributed by atoms with Crippen molar-refractivity contribution in [2.45, 2.75) is 20.0 Å². The quantitative estimate of drug-likeness (QED) is 0.562. The van der Waals surface area contributed by atoms with Gasteiger partial charge < -0.3 is 15.0 Å². The van der Waals surface area contributed by atoms with Crippen LogP contribution in [-0.2, 0) is 20.1 Å². The molecule has 0 unspecified atom stereocenters. The van der Waals surface area contributed by atoms with E-state index in [2.05, 4.69) is 43.1 Å². The van der Waals surface area contributed by atoms with Crippen LogP contribution in [0.5, 0.6) is 0 Å². The minimum absolute atomic E-state index is 0.617. The van der Waals surface area contributed by atoms with Crippen molar-refractivity contribution in [3.8, 4) is 0 Å². The standard InChI is InChI=1S/C16H21N7/c1-12-5-4-6-15-21-13(11-23(12)15)9-18-16(17-2)19-10-14-7-8-20-22(14)3/h4-8,11H,9-10H2,1-3H3,(H2,17,18,19). The van der Waals surface area contributed by atoms with Gasteiger partial charge in [0.05, 0.1) is 24.5 Å². The summed E-state index contributed by atoms with van der Waals surface area (Å²) in [7, 11) is 3.68. The SMILES string of the molecule is CN=C(NCc1cn2c(C)cccc2n1)NCc1ccnn1C. The van der Waals surface area contributed by atoms with Crippen LogP contribution in [0.15, 0.2) is 41.7 Å². The van der Waals surface area contributed by atoms with Crippen LogP contribution in [-0.4, -0.2) is 32.2 Å². The second-order valence-corrected chi connectivity index (χ2v) is 5.35. The Bertz CT molecular complexity index is 828. The maximum Gasteiger partial charge on any atom is 0.191 e. The molecule has 0 bridgehead atoms. The number of aryl methyl sites for hydroxylation is 2. The lowest BCUT2D eigenvalue weighted by Crippen LogP contribution is -2.36. The second-order valence-electron chi connectivity index (χ2n) is 5.35. The topological polar surface area (TPSA) is 71.5 Å². The van der Waals surface area contributed by atoms with Crippen LogP contribution in [0.1, 0.15) is 17.1 Å². The van der Waals surface area contributed by atoms with Crippen LogP contribution in [0.2, 0.25) is 0 Å². The highest BCUT2D eigenvalue weighted by Gasteiger charge is 2.05. The van der Waals surface area contributed by atoms with E-state index in [9.17, 15) is 0 Å². The highest BCUT2D eigenvalue weighted by atomic mass is 15.3. The number of hydrogen-bond acceptors (Lipinski definition) is 3. The summed E-state index contributed by atoms with van der Waals surface area (Å²) in [4.78, 5) is 8.84. The summed E-state index contributed by atoms with van der Waals surface area (Å²) in [6.45, 7) is 3.35. The van der Waals surface area contributed by atoms with Crippen LogP contribution in [0.25, 0.3) is 5.65 Å². The monoisotopic (exact) mass is 311 g/mol. The summed E-state index contributed by atoms with van der Waals surface area (Å²) in [5.41, 5.74) is 4.19. The van der Waals surface area contributed by atoms with Crippen molar-refractivity contribution in [1.29, 1.82) is 0 Å². The van der Waals surface area contributed by atoms with Gasteiger partial charge >= 0.3 is 0 Å². The van der Waals surface area contributed by atoms with E-state index in [1.165, 1.54) is 5.69 Å². The lowest BCUT2D eigenvalue weighted by atomic mass is 10.4. The van der Waals surface area contributed by atoms with Gasteiger partial charge in [-0.05, 0) is 25.1 Å². The number of pyridine rings is 1. The summed E-state index contributed by atoms with van der Waals surface area (Å²) in [5, 5.41) is 10.7. The Morgan fingerprint density at radius 3 is 2.74 bits per heavy atom. The first-order valence-corrected chi connectivity index (χ1v) is 7.52. The van der Waals surface area contributed by atoms with Crippen molar-refractivity contribution in [2.75, 3.05) is 7.05 Å². The van der Waals surface area contributed by atoms with Gasteiger partial charge in [-0.15, -0.1) is 0 Å². The molecule has 0 radical (unpaired) electrons. The maximum atomic E-state index is 4.61. The summed E-state index contributed by atoms with van der Waals surface area (Å²) in [6, 6.07) is 8.07. The van der Waals surface area contributed by atoms with Gasteiger partial charge in [-0.25, -0.2) is 4.98 Å². The van der Waals surface area contributed by atoms with Gasteiger partial charge in [0.1, 0.15) is 5.65 Å². The molecule has 0 saturated heterocycles. The van der Waals surface area contributed by atoms with E-state index < -0.39 is 0 Å². The number of rotatable bonds is 4. The average Bonchev–Trinajstić information content (AvgIpc) is 3.14. The second kappa shape index (κ2) is 6.51. The first-order chi connectivity index (χ1) is 11.2. The molecule has 3 heterocycles. The van der Waals surface area contributed by atoms with E-state index in [0.29, 0.717) is 13.1 Å². The summed E-state index contributed by atoms with van der Waals surface area (Å²) < 4.78 is 3.92. The van der Waals surface area contributed by atoms with Crippen molar-refractivity contribution < 1.29 is 0 Å². The van der Waals surface area contributed by atoms with E-state index >= 15 is 0 Å². The molecule has 0 aliphatic carbocycles. The first-order valence-electron chi connectivity index (χ1n) is 7.52. The van der Waals surface area contributed by atoms with Gasteiger partial charge in [-0.1, -0.05) is 6.07 Å². The zero-order valence-corrected chi connectivity index (χ0v) is 13.6. The Balaban J connectivity index is 1.61. The van der Waals surface area contributed by atoms with Gasteiger partial charge in [0, 0.05) is 32.2 Å². The lowest BCUT2D eigenvalue weighted by Gasteiger charge is -2.10. The molecule has 120 valence electrons. The Hall–Kier alpha value is -2.83. The van der Waals surface area contributed by atoms with Crippen LogP contribution in [0, 0.1) is 6.92 Å². The Labute approximate surface area is 135 Å². The number of nitrogens with zero attached hydrogens (tertiary/aromatic N) is 5. The van der Waals surface area contributed by atoms with Crippen molar-refractivity contribution in [1.82, 2.24) is 29.8 Å². The largest absolute Gasteiger partial charge is 0.351 e. The molecule has 0 fully saturated rings. The fourth-order valence-electron chi connectivity index (χ4n) is 2.43. The van der Waals surface area contributed by atoms with Crippen molar-refractivity contribution in [3.63, 3.8) is 0 Å². The third-order valence-corrected chi connectivity index (χ3v) is 3.77. The van der Waals surface area contributed by atoms with Crippen LogP contribution in [0.4, 0.5) is 0 Å². The third-order valence-electron chi connectivity index (χ3n) is 3.77. The van der Waals surface area contributed by atoms with Gasteiger partial charge in [-0.3, -0.25) is 9.67 Å². The minimum Gasteiger partial charge on any atom is -0.351 e. The molecule has 3 aromatic heterocycles. The zero-order valence-electron chi connectivity index (χ0n) is 13.6. The number of aromatic nitrogens is 4. The molecule has 23 heavy (non-hydrogen) atoms. The van der Waals surface area contributed by atoms with Gasteiger partial charge in [0.25, 0.3) is 0 Å². The highest BCUT2D eigenvalue weighted by molar-refractivity contribution is 5.79. The number of fused-ring (bicyclic) bond motifs is 1. The van der Waals surface area contributed by atoms with Crippen molar-refractivity contribution >= 4 is 11.6 Å². The molecule has 3 aromatic rings. The predicted molar refractivity (Wildman–Crippen MR) is 90.2 cm³/mol. The molecule has 0 amide bonds. The maximum absolute atomic E-state index is 4.61. The number of nitrogens with one attached hydrogen (secondary N) is 2. The molecule has 7 nitrogen and oxygen atoms in total. The predicted octanol–water partition coefficient (Wildman–Crippen LogP) is 1.24. The zero-order chi connectivity index (χ0) is 16.2. The fourth-order valence-corrected chi connectivity index (χ4v) is 2.43. The Morgan fingerprint density at radius 1 is 1.22 bits per heavy atom. The molecular weight excluding hydrogens is 290 g/mol. The number of aliphatic imine (C=N–C) groups is 1. The normalized spacial score (nSPS) is 11.9. The third kappa shape index (κ3) is 3.33. The number of guanidine groups is 1. The van der Waals surface area contributed by atoms with Gasteiger partial charge in [0.15, 0.2) is 5.96 Å². The first kappa shape index (κ1) is 15.1. The Kier molecular flexibility index (Phi) is 4.27. The van der Waals surface area contributed by atoms with Crippen LogP contribution >= 0.6 is 0 Å². The Morgan fingerprint density at radius 2 is 2.04 bits per heavy atom. The summed E-state index contributed by atoms with van der Waals surface area (Å²) >= 11 is 0. The van der Waals surface area contributed by atoms with E-state index in [1.54, 1.807) is 13.2 Å². The molecule has 2 N–H and O–H groups in total. The summed E-state index contributed by atoms with van der Waals surface area (Å²) in [6.07, 6.45) is 3.83. The molecule has 0 aliphatic heterocycles. The van der Waals surface area contributed by atoms with Gasteiger partial charge in [-0.2, -0.15) is 5.10 Å². The van der Waals surface area contributed by atoms with E-state index in [1.807, 2.05) is 36.1 Å². The molecular formula is C16H21N7. The van der Waals surface area contributed by atoms with E-state index in [4.69, 9.17) is 0 Å². The molecule has 0 aromatic carbocycles. The van der Waals surface area contributed by atoms with Crippen LogP contribution in [0.3, 0.4) is 0 Å². The summed E-state index contributed by atoms with van der Waals surface area (Å²) in [5.74, 6) is 0.736. The molecule has 3 rings (SSSR count). The molecule has 0 atom stereocenters. The minimum atomic E-state index is 0.617. The van der Waals surface area contributed by atoms with Crippen molar-refractivity contribution in [2.24, 2.45) is 12.0 Å². The number of imidazole rings is 1. The van der Waals surface area contributed by atoms with Crippen LogP contribution < -0.4 is 10.6 Å². The van der Waals surface area contributed by atoms with Crippen molar-refractivity contribution in [3.05, 3.63) is 53.7 Å². The molecule has 7 heteroatoms.